The Kier molecular flexibility index (Phi) is 4.21. The third kappa shape index (κ3) is 3.44. The van der Waals surface area contributed by atoms with Crippen LogP contribution in [0.25, 0.3) is 0 Å². The molecular formula is C16H21N5. The van der Waals surface area contributed by atoms with Gasteiger partial charge in [-0.05, 0) is 49.6 Å². The minimum absolute atomic E-state index is 0.643. The third-order valence-electron chi connectivity index (χ3n) is 3.79. The number of aromatic nitrogens is 1. The van der Waals surface area contributed by atoms with Crippen molar-refractivity contribution in [3.05, 3.63) is 42.6 Å². The summed E-state index contributed by atoms with van der Waals surface area (Å²) in [5.74, 6) is 6.01. The summed E-state index contributed by atoms with van der Waals surface area (Å²) in [5.41, 5.74) is 5.87. The molecule has 1 saturated heterocycles. The quantitative estimate of drug-likeness (QED) is 0.594. The Morgan fingerprint density at radius 3 is 2.43 bits per heavy atom. The van der Waals surface area contributed by atoms with Crippen LogP contribution in [0, 0.1) is 0 Å². The van der Waals surface area contributed by atoms with Crippen molar-refractivity contribution in [2.45, 2.75) is 19.3 Å². The highest BCUT2D eigenvalue weighted by atomic mass is 15.2. The van der Waals surface area contributed by atoms with E-state index < -0.39 is 0 Å². The van der Waals surface area contributed by atoms with Crippen LogP contribution in [-0.4, -0.2) is 18.1 Å². The first-order valence-electron chi connectivity index (χ1n) is 7.40. The van der Waals surface area contributed by atoms with Crippen LogP contribution < -0.4 is 21.5 Å². The summed E-state index contributed by atoms with van der Waals surface area (Å²) >= 11 is 0. The van der Waals surface area contributed by atoms with Gasteiger partial charge >= 0.3 is 0 Å². The molecule has 1 aromatic carbocycles. The first-order chi connectivity index (χ1) is 10.3. The molecular weight excluding hydrogens is 262 g/mol. The largest absolute Gasteiger partial charge is 0.372 e. The molecule has 5 nitrogen and oxygen atoms in total. The Labute approximate surface area is 125 Å². The van der Waals surface area contributed by atoms with Crippen molar-refractivity contribution in [3.63, 3.8) is 0 Å². The van der Waals surface area contributed by atoms with E-state index in [2.05, 4.69) is 44.9 Å². The lowest BCUT2D eigenvalue weighted by molar-refractivity contribution is 0.578. The lowest BCUT2D eigenvalue weighted by Crippen LogP contribution is -2.29. The van der Waals surface area contributed by atoms with E-state index in [0.717, 1.165) is 11.4 Å². The number of nitrogens with zero attached hydrogens (tertiary/aromatic N) is 2. The van der Waals surface area contributed by atoms with Gasteiger partial charge in [0.15, 0.2) is 0 Å². The van der Waals surface area contributed by atoms with Gasteiger partial charge in [0.05, 0.1) is 0 Å². The Balaban J connectivity index is 1.68. The number of hydrogen-bond acceptors (Lipinski definition) is 5. The Bertz CT molecular complexity index is 575. The molecule has 0 unspecified atom stereocenters. The molecule has 21 heavy (non-hydrogen) atoms. The molecule has 0 bridgehead atoms. The topological polar surface area (TPSA) is 66.2 Å². The Morgan fingerprint density at radius 1 is 0.952 bits per heavy atom. The summed E-state index contributed by atoms with van der Waals surface area (Å²) < 4.78 is 0. The van der Waals surface area contributed by atoms with Crippen LogP contribution in [0.1, 0.15) is 19.3 Å². The van der Waals surface area contributed by atoms with E-state index in [9.17, 15) is 0 Å². The number of nitrogens with one attached hydrogen (secondary N) is 2. The van der Waals surface area contributed by atoms with Crippen molar-refractivity contribution in [3.8, 4) is 0 Å². The molecule has 0 amide bonds. The molecule has 1 aliphatic heterocycles. The summed E-state index contributed by atoms with van der Waals surface area (Å²) in [6.07, 6.45) is 5.67. The van der Waals surface area contributed by atoms with Gasteiger partial charge in [-0.25, -0.2) is 10.8 Å². The molecule has 4 N–H and O–H groups in total. The van der Waals surface area contributed by atoms with Crippen molar-refractivity contribution in [2.75, 3.05) is 28.7 Å². The molecule has 0 spiro atoms. The van der Waals surface area contributed by atoms with E-state index in [0.29, 0.717) is 5.82 Å². The summed E-state index contributed by atoms with van der Waals surface area (Å²) in [6, 6.07) is 12.4. The maximum absolute atomic E-state index is 5.37. The summed E-state index contributed by atoms with van der Waals surface area (Å²) in [6.45, 7) is 2.34. The molecule has 5 heteroatoms. The first-order valence-corrected chi connectivity index (χ1v) is 7.40. The summed E-state index contributed by atoms with van der Waals surface area (Å²) in [5, 5.41) is 3.35. The number of pyridine rings is 1. The van der Waals surface area contributed by atoms with Crippen molar-refractivity contribution in [1.29, 1.82) is 0 Å². The zero-order valence-electron chi connectivity index (χ0n) is 12.0. The van der Waals surface area contributed by atoms with E-state index in [4.69, 9.17) is 5.84 Å². The molecule has 1 aromatic heterocycles. The van der Waals surface area contributed by atoms with Gasteiger partial charge in [0.2, 0.25) is 0 Å². The number of nitrogens with two attached hydrogens (primary N) is 1. The molecule has 2 aromatic rings. The SMILES string of the molecule is NNc1cc(Nc2ccc(N3CCCCC3)cc2)ccn1. The second kappa shape index (κ2) is 6.45. The monoisotopic (exact) mass is 283 g/mol. The minimum Gasteiger partial charge on any atom is -0.372 e. The second-order valence-electron chi connectivity index (χ2n) is 5.29. The number of nitrogen functional groups attached to an aromatic ring is 1. The van der Waals surface area contributed by atoms with Gasteiger partial charge in [0.1, 0.15) is 5.82 Å². The number of rotatable bonds is 4. The smallest absolute Gasteiger partial charge is 0.141 e. The van der Waals surface area contributed by atoms with Crippen LogP contribution in [-0.2, 0) is 0 Å². The lowest BCUT2D eigenvalue weighted by Gasteiger charge is -2.28. The Morgan fingerprint density at radius 2 is 1.71 bits per heavy atom. The molecule has 110 valence electrons. The molecule has 3 rings (SSSR count). The fourth-order valence-corrected chi connectivity index (χ4v) is 2.66. The van der Waals surface area contributed by atoms with Gasteiger partial charge in [-0.15, -0.1) is 0 Å². The number of anilines is 4. The van der Waals surface area contributed by atoms with Gasteiger partial charge in [0, 0.05) is 42.4 Å². The fourth-order valence-electron chi connectivity index (χ4n) is 2.66. The van der Waals surface area contributed by atoms with E-state index >= 15 is 0 Å². The minimum atomic E-state index is 0.643. The number of piperidine rings is 1. The lowest BCUT2D eigenvalue weighted by atomic mass is 10.1. The predicted molar refractivity (Wildman–Crippen MR) is 87.8 cm³/mol. The van der Waals surface area contributed by atoms with Crippen LogP contribution in [0.3, 0.4) is 0 Å². The van der Waals surface area contributed by atoms with Crippen LogP contribution in [0.5, 0.6) is 0 Å². The normalized spacial score (nSPS) is 14.8. The van der Waals surface area contributed by atoms with Crippen molar-refractivity contribution in [1.82, 2.24) is 4.98 Å². The zero-order chi connectivity index (χ0) is 14.5. The van der Waals surface area contributed by atoms with Crippen molar-refractivity contribution < 1.29 is 0 Å². The molecule has 1 fully saturated rings. The first kappa shape index (κ1) is 13.7. The highest BCUT2D eigenvalue weighted by molar-refractivity contribution is 5.64. The van der Waals surface area contributed by atoms with E-state index in [-0.39, 0.29) is 0 Å². The van der Waals surface area contributed by atoms with Gasteiger partial charge in [-0.2, -0.15) is 0 Å². The molecule has 0 aliphatic carbocycles. The molecule has 0 radical (unpaired) electrons. The molecule has 2 heterocycles. The van der Waals surface area contributed by atoms with Crippen LogP contribution in [0.4, 0.5) is 22.9 Å². The van der Waals surface area contributed by atoms with Gasteiger partial charge in [-0.1, -0.05) is 0 Å². The van der Waals surface area contributed by atoms with Gasteiger partial charge in [-0.3, -0.25) is 0 Å². The molecule has 0 atom stereocenters. The Hall–Kier alpha value is -2.27. The van der Waals surface area contributed by atoms with Crippen LogP contribution >= 0.6 is 0 Å². The highest BCUT2D eigenvalue weighted by Gasteiger charge is 2.10. The number of benzene rings is 1. The molecule has 1 aliphatic rings. The van der Waals surface area contributed by atoms with Crippen molar-refractivity contribution >= 4 is 22.9 Å². The average Bonchev–Trinajstić information content (AvgIpc) is 2.56. The summed E-state index contributed by atoms with van der Waals surface area (Å²) in [4.78, 5) is 6.55. The van der Waals surface area contributed by atoms with Crippen LogP contribution in [0.2, 0.25) is 0 Å². The van der Waals surface area contributed by atoms with E-state index in [1.165, 1.54) is 38.0 Å². The highest BCUT2D eigenvalue weighted by Crippen LogP contribution is 2.24. The van der Waals surface area contributed by atoms with E-state index in [1.807, 2.05) is 12.1 Å². The average molecular weight is 283 g/mol. The maximum Gasteiger partial charge on any atom is 0.141 e. The predicted octanol–water partition coefficient (Wildman–Crippen LogP) is 3.10. The fraction of sp³-hybridized carbons (Fsp3) is 0.312. The van der Waals surface area contributed by atoms with Gasteiger partial charge < -0.3 is 15.6 Å². The zero-order valence-corrected chi connectivity index (χ0v) is 12.0. The number of hydrogen-bond donors (Lipinski definition) is 3. The summed E-state index contributed by atoms with van der Waals surface area (Å²) in [7, 11) is 0. The maximum atomic E-state index is 5.37. The van der Waals surface area contributed by atoms with Crippen molar-refractivity contribution in [2.24, 2.45) is 5.84 Å². The standard InChI is InChI=1S/C16H21N5/c17-20-16-12-14(8-9-18-16)19-13-4-6-15(7-5-13)21-10-2-1-3-11-21/h4-9,12H,1-3,10-11,17H2,(H2,18,19,20). The van der Waals surface area contributed by atoms with Crippen LogP contribution in [0.15, 0.2) is 42.6 Å². The number of hydrazine groups is 1. The van der Waals surface area contributed by atoms with Gasteiger partial charge in [0.25, 0.3) is 0 Å². The third-order valence-corrected chi connectivity index (χ3v) is 3.79. The second-order valence-corrected chi connectivity index (χ2v) is 5.29. The molecule has 0 saturated carbocycles. The van der Waals surface area contributed by atoms with E-state index in [1.54, 1.807) is 6.20 Å².